The van der Waals surface area contributed by atoms with Crippen molar-refractivity contribution in [2.45, 2.75) is 90.9 Å². The molecular weight excluding hydrogens is 849 g/mol. The van der Waals surface area contributed by atoms with Gasteiger partial charge < -0.3 is 18.4 Å². The number of rotatable bonds is 6. The molecule has 5 heterocycles. The quantitative estimate of drug-likeness (QED) is 0.163. The molecule has 1 unspecified atom stereocenters. The van der Waals surface area contributed by atoms with Crippen LogP contribution in [0.5, 0.6) is 0 Å². The molecular formula is C66H60N4. The van der Waals surface area contributed by atoms with Gasteiger partial charge in [0.05, 0.1) is 33.1 Å². The van der Waals surface area contributed by atoms with E-state index in [9.17, 15) is 0 Å². The number of hydrogen-bond donors (Lipinski definition) is 0. The molecule has 1 aliphatic rings. The highest BCUT2D eigenvalue weighted by atomic mass is 15.1. The van der Waals surface area contributed by atoms with Gasteiger partial charge in [0.1, 0.15) is 0 Å². The van der Waals surface area contributed by atoms with Gasteiger partial charge in [0.2, 0.25) is 0 Å². The summed E-state index contributed by atoms with van der Waals surface area (Å²) in [7, 11) is 0. The lowest BCUT2D eigenvalue weighted by molar-refractivity contribution is 0.590. The van der Waals surface area contributed by atoms with E-state index in [-0.39, 0.29) is 22.2 Å². The molecule has 0 fully saturated rings. The van der Waals surface area contributed by atoms with Gasteiger partial charge in [-0.1, -0.05) is 142 Å². The van der Waals surface area contributed by atoms with E-state index < -0.39 is 0 Å². The number of para-hydroxylation sites is 3. The minimum Gasteiger partial charge on any atom is -0.313 e. The van der Waals surface area contributed by atoms with E-state index in [0.717, 1.165) is 34.9 Å². The molecule has 0 bridgehead atoms. The van der Waals surface area contributed by atoms with Crippen molar-refractivity contribution in [2.75, 3.05) is 4.90 Å². The van der Waals surface area contributed by atoms with Gasteiger partial charge in [0.25, 0.3) is 0 Å². The Morgan fingerprint density at radius 2 is 1.00 bits per heavy atom. The number of hydrogen-bond acceptors (Lipinski definition) is 1. The average molecular weight is 909 g/mol. The Morgan fingerprint density at radius 1 is 0.429 bits per heavy atom. The summed E-state index contributed by atoms with van der Waals surface area (Å²) in [6.07, 6.45) is 0.844. The van der Waals surface area contributed by atoms with Crippen LogP contribution in [0.25, 0.3) is 82.2 Å². The van der Waals surface area contributed by atoms with Crippen molar-refractivity contribution in [2.24, 2.45) is 0 Å². The Kier molecular flexibility index (Phi) is 8.95. The molecule has 0 amide bonds. The lowest BCUT2D eigenvalue weighted by Gasteiger charge is -2.26. The van der Waals surface area contributed by atoms with Crippen LogP contribution in [0.2, 0.25) is 0 Å². The van der Waals surface area contributed by atoms with Gasteiger partial charge in [0.15, 0.2) is 0 Å². The van der Waals surface area contributed by atoms with Crippen molar-refractivity contribution in [1.82, 2.24) is 13.5 Å². The molecule has 4 nitrogen and oxygen atoms in total. The van der Waals surface area contributed by atoms with Crippen LogP contribution in [0.3, 0.4) is 0 Å². The van der Waals surface area contributed by atoms with E-state index in [4.69, 9.17) is 6.58 Å². The zero-order valence-electron chi connectivity index (χ0n) is 41.9. The third kappa shape index (κ3) is 6.28. The van der Waals surface area contributed by atoms with Crippen LogP contribution >= 0.6 is 0 Å². The van der Waals surface area contributed by atoms with Gasteiger partial charge in [0, 0.05) is 84.2 Å². The van der Waals surface area contributed by atoms with Crippen LogP contribution in [0, 0.1) is 0 Å². The summed E-state index contributed by atoms with van der Waals surface area (Å²) in [5, 5.41) is 9.04. The Bertz CT molecular complexity index is 4100. The van der Waals surface area contributed by atoms with Gasteiger partial charge in [-0.25, -0.2) is 0 Å². The molecule has 1 atom stereocenters. The van der Waals surface area contributed by atoms with Gasteiger partial charge in [-0.05, 0) is 136 Å². The topological polar surface area (TPSA) is 17.5 Å². The predicted molar refractivity (Wildman–Crippen MR) is 300 cm³/mol. The fourth-order valence-corrected chi connectivity index (χ4v) is 11.9. The molecule has 0 aliphatic carbocycles. The SMILES string of the molecule is C=C1C(Cc2cc3cc(C(C)(C)C)cc4c5cc(C(C)(C)C)ccc5n2c34)c2cc(C(C)(C)C)cc3c4ccc(N(c5ccccc5)c5ccc6c(c5)c5ccccc5n6-c5ccccc5)cc4n1c23. The maximum Gasteiger partial charge on any atom is 0.0611 e. The van der Waals surface area contributed by atoms with Crippen LogP contribution in [0.4, 0.5) is 17.1 Å². The number of nitrogens with zero attached hydrogens (tertiary/aromatic N) is 4. The maximum absolute atomic E-state index is 5.06. The summed E-state index contributed by atoms with van der Waals surface area (Å²) < 4.78 is 7.49. The Morgan fingerprint density at radius 3 is 1.73 bits per heavy atom. The molecule has 0 saturated carbocycles. The predicted octanol–water partition coefficient (Wildman–Crippen LogP) is 18.1. The standard InChI is InChI=1S/C66H60N4/c1-40-52(38-49-32-41-31-43(65(5,6)7)34-57-53-33-42(64(2,3)4)25-29-60(53)70(49)62(41)57)56-36-44(66(8,9)10)35-55-51-28-26-48(39-61(51)67(40)63(55)56)68(45-19-13-11-14-20-45)47-27-30-59-54(37-47)50-23-17-18-24-58(50)69(59)46-21-15-12-16-22-46/h11-37,39,52H,1,38H2,2-10H3. The summed E-state index contributed by atoms with van der Waals surface area (Å²) >= 11 is 0. The molecule has 1 aliphatic heterocycles. The molecule has 4 aromatic heterocycles. The second kappa shape index (κ2) is 14.7. The number of allylic oxidation sites excluding steroid dienone is 1. The van der Waals surface area contributed by atoms with Crippen molar-refractivity contribution in [3.8, 4) is 5.69 Å². The van der Waals surface area contributed by atoms with E-state index in [1.807, 2.05) is 0 Å². The number of benzene rings is 8. The van der Waals surface area contributed by atoms with Crippen LogP contribution in [0.15, 0.2) is 176 Å². The molecule has 70 heavy (non-hydrogen) atoms. The first kappa shape index (κ1) is 42.5. The van der Waals surface area contributed by atoms with Crippen LogP contribution in [-0.4, -0.2) is 13.5 Å². The van der Waals surface area contributed by atoms with Gasteiger partial charge in [-0.2, -0.15) is 0 Å². The van der Waals surface area contributed by atoms with E-state index >= 15 is 0 Å². The summed E-state index contributed by atoms with van der Waals surface area (Å²) in [5.41, 5.74) is 19.9. The normalized spacial score (nSPS) is 14.6. The molecule has 0 radical (unpaired) electrons. The third-order valence-corrected chi connectivity index (χ3v) is 15.7. The molecule has 8 aromatic carbocycles. The van der Waals surface area contributed by atoms with Crippen molar-refractivity contribution in [1.29, 1.82) is 0 Å². The van der Waals surface area contributed by atoms with Crippen LogP contribution in [-0.2, 0) is 22.7 Å². The van der Waals surface area contributed by atoms with Crippen LogP contribution < -0.4 is 4.90 Å². The van der Waals surface area contributed by atoms with E-state index in [2.05, 4.69) is 251 Å². The smallest absolute Gasteiger partial charge is 0.0611 e. The third-order valence-electron chi connectivity index (χ3n) is 15.7. The largest absolute Gasteiger partial charge is 0.313 e. The zero-order chi connectivity index (χ0) is 48.2. The molecule has 4 heteroatoms. The fraction of sp³-hybridized carbons (Fsp3) is 0.212. The summed E-state index contributed by atoms with van der Waals surface area (Å²) in [4.78, 5) is 2.43. The van der Waals surface area contributed by atoms with Gasteiger partial charge in [-0.3, -0.25) is 0 Å². The lowest BCUT2D eigenvalue weighted by Crippen LogP contribution is -2.12. The first-order valence-corrected chi connectivity index (χ1v) is 25.1. The van der Waals surface area contributed by atoms with Gasteiger partial charge >= 0.3 is 0 Å². The van der Waals surface area contributed by atoms with Crippen molar-refractivity contribution in [3.63, 3.8) is 0 Å². The minimum absolute atomic E-state index is 0.0190. The van der Waals surface area contributed by atoms with Crippen LogP contribution in [0.1, 0.15) is 96.2 Å². The number of fused-ring (bicyclic) bond motifs is 9. The van der Waals surface area contributed by atoms with Crippen molar-refractivity contribution in [3.05, 3.63) is 204 Å². The van der Waals surface area contributed by atoms with E-state index in [1.54, 1.807) is 0 Å². The summed E-state index contributed by atoms with van der Waals surface area (Å²) in [6, 6.07) is 64.0. The molecule has 0 N–H and O–H groups in total. The maximum atomic E-state index is 5.06. The second-order valence-electron chi connectivity index (χ2n) is 23.2. The van der Waals surface area contributed by atoms with E-state index in [0.29, 0.717) is 0 Å². The number of anilines is 3. The summed E-state index contributed by atoms with van der Waals surface area (Å²) in [5.74, 6) is 0.0893. The first-order chi connectivity index (χ1) is 33.5. The zero-order valence-corrected chi connectivity index (χ0v) is 41.9. The Labute approximate surface area is 411 Å². The molecule has 0 saturated heterocycles. The second-order valence-corrected chi connectivity index (χ2v) is 23.2. The monoisotopic (exact) mass is 908 g/mol. The fourth-order valence-electron chi connectivity index (χ4n) is 11.9. The highest BCUT2D eigenvalue weighted by Gasteiger charge is 2.35. The van der Waals surface area contributed by atoms with E-state index in [1.165, 1.54) is 98.8 Å². The highest BCUT2D eigenvalue weighted by Crippen LogP contribution is 2.51. The van der Waals surface area contributed by atoms with Crippen molar-refractivity contribution >= 4 is 93.6 Å². The summed E-state index contributed by atoms with van der Waals surface area (Å²) in [6.45, 7) is 26.1. The van der Waals surface area contributed by atoms with Crippen molar-refractivity contribution < 1.29 is 0 Å². The molecule has 12 aromatic rings. The Hall–Kier alpha value is -7.56. The first-order valence-electron chi connectivity index (χ1n) is 25.1. The average Bonchev–Trinajstić information content (AvgIpc) is 4.12. The Balaban J connectivity index is 0.990. The van der Waals surface area contributed by atoms with Gasteiger partial charge in [-0.15, -0.1) is 0 Å². The highest BCUT2D eigenvalue weighted by molar-refractivity contribution is 6.17. The molecule has 0 spiro atoms. The molecule has 344 valence electrons. The lowest BCUT2D eigenvalue weighted by atomic mass is 9.82. The number of aromatic nitrogens is 3. The minimum atomic E-state index is -0.0420. The molecule has 13 rings (SSSR count).